The quantitative estimate of drug-likeness (QED) is 0.725. The van der Waals surface area contributed by atoms with Gasteiger partial charge in [0, 0.05) is 15.8 Å². The molecule has 1 aliphatic rings. The molecule has 0 unspecified atom stereocenters. The summed E-state index contributed by atoms with van der Waals surface area (Å²) in [5.41, 5.74) is 1.57. The minimum Gasteiger partial charge on any atom is -0.281 e. The lowest BCUT2D eigenvalue weighted by atomic mass is 10.0. The van der Waals surface area contributed by atoms with Crippen LogP contribution < -0.4 is 0 Å². The Hall–Kier alpha value is -1.59. The van der Waals surface area contributed by atoms with Gasteiger partial charge in [-0.3, -0.25) is 14.7 Å². The van der Waals surface area contributed by atoms with Crippen LogP contribution in [0.15, 0.2) is 64.1 Å². The smallest absolute Gasteiger partial charge is 0.260 e. The van der Waals surface area contributed by atoms with E-state index in [1.807, 2.05) is 47.4 Å². The van der Waals surface area contributed by atoms with E-state index in [1.54, 1.807) is 11.8 Å². The molecule has 1 aliphatic heterocycles. The van der Waals surface area contributed by atoms with E-state index in [9.17, 15) is 4.79 Å². The molecule has 2 aromatic carbocycles. The Morgan fingerprint density at radius 2 is 1.96 bits per heavy atom. The van der Waals surface area contributed by atoms with E-state index in [2.05, 4.69) is 41.9 Å². The van der Waals surface area contributed by atoms with Crippen LogP contribution in [0.1, 0.15) is 29.8 Å². The molecule has 0 N–H and O–H groups in total. The number of hydrogen-bond acceptors (Lipinski definition) is 3. The van der Waals surface area contributed by atoms with Gasteiger partial charge in [-0.15, -0.1) is 0 Å². The van der Waals surface area contributed by atoms with Crippen LogP contribution in [0.4, 0.5) is 0 Å². The van der Waals surface area contributed by atoms with Crippen molar-refractivity contribution in [3.05, 3.63) is 70.2 Å². The van der Waals surface area contributed by atoms with Crippen LogP contribution in [0.25, 0.3) is 0 Å². The molecule has 1 heterocycles. The van der Waals surface area contributed by atoms with Crippen LogP contribution in [0.2, 0.25) is 0 Å². The molecule has 3 nitrogen and oxygen atoms in total. The first-order chi connectivity index (χ1) is 11.5. The zero-order valence-electron chi connectivity index (χ0n) is 13.7. The van der Waals surface area contributed by atoms with Gasteiger partial charge in [-0.2, -0.15) is 0 Å². The third-order valence-corrected chi connectivity index (χ3v) is 5.78. The summed E-state index contributed by atoms with van der Waals surface area (Å²) in [6.45, 7) is 4.75. The van der Waals surface area contributed by atoms with Gasteiger partial charge in [0.1, 0.15) is 0 Å². The van der Waals surface area contributed by atoms with Gasteiger partial charge in [0.05, 0.1) is 12.1 Å². The third kappa shape index (κ3) is 3.73. The van der Waals surface area contributed by atoms with Crippen LogP contribution >= 0.6 is 27.7 Å². The van der Waals surface area contributed by atoms with E-state index in [0.717, 1.165) is 21.0 Å². The lowest BCUT2D eigenvalue weighted by Gasteiger charge is -2.30. The normalized spacial score (nSPS) is 18.1. The molecule has 0 atom stereocenters. The van der Waals surface area contributed by atoms with Crippen molar-refractivity contribution >= 4 is 38.8 Å². The molecule has 1 amide bonds. The summed E-state index contributed by atoms with van der Waals surface area (Å²) in [6.07, 6.45) is 0. The lowest BCUT2D eigenvalue weighted by molar-refractivity contribution is 0.0766. The SMILES string of the molecule is CC1(C)CSC(=NCc2ccccc2)N1C(=O)c1cccc(Br)c1. The van der Waals surface area contributed by atoms with E-state index in [1.165, 1.54) is 0 Å². The Balaban J connectivity index is 1.88. The molecule has 3 rings (SSSR count). The zero-order valence-corrected chi connectivity index (χ0v) is 16.1. The predicted molar refractivity (Wildman–Crippen MR) is 104 cm³/mol. The lowest BCUT2D eigenvalue weighted by Crippen LogP contribution is -2.46. The van der Waals surface area contributed by atoms with Crippen molar-refractivity contribution in [2.24, 2.45) is 4.99 Å². The van der Waals surface area contributed by atoms with Gasteiger partial charge >= 0.3 is 0 Å². The van der Waals surface area contributed by atoms with E-state index in [-0.39, 0.29) is 11.4 Å². The van der Waals surface area contributed by atoms with E-state index >= 15 is 0 Å². The fourth-order valence-electron chi connectivity index (χ4n) is 2.60. The van der Waals surface area contributed by atoms with Gasteiger partial charge in [-0.25, -0.2) is 0 Å². The minimum atomic E-state index is -0.250. The maximum absolute atomic E-state index is 13.0. The van der Waals surface area contributed by atoms with Gasteiger partial charge in [-0.05, 0) is 37.6 Å². The zero-order chi connectivity index (χ0) is 17.2. The minimum absolute atomic E-state index is 0.00175. The maximum Gasteiger partial charge on any atom is 0.260 e. The molecule has 0 aliphatic carbocycles. The van der Waals surface area contributed by atoms with E-state index < -0.39 is 0 Å². The molecular weight excluding hydrogens is 384 g/mol. The third-order valence-electron chi connectivity index (χ3n) is 3.87. The van der Waals surface area contributed by atoms with Crippen LogP contribution in [0, 0.1) is 0 Å². The number of carbonyl (C=O) groups excluding carboxylic acids is 1. The fraction of sp³-hybridized carbons (Fsp3) is 0.263. The summed E-state index contributed by atoms with van der Waals surface area (Å²) < 4.78 is 0.904. The highest BCUT2D eigenvalue weighted by Crippen LogP contribution is 2.34. The van der Waals surface area contributed by atoms with Crippen LogP contribution in [0.3, 0.4) is 0 Å². The Morgan fingerprint density at radius 3 is 2.67 bits per heavy atom. The molecule has 1 saturated heterocycles. The van der Waals surface area contributed by atoms with E-state index in [4.69, 9.17) is 4.99 Å². The van der Waals surface area contributed by atoms with Gasteiger partial charge in [0.15, 0.2) is 5.17 Å². The molecule has 0 spiro atoms. The van der Waals surface area contributed by atoms with Crippen molar-refractivity contribution in [3.63, 3.8) is 0 Å². The highest BCUT2D eigenvalue weighted by molar-refractivity contribution is 9.10. The maximum atomic E-state index is 13.0. The summed E-state index contributed by atoms with van der Waals surface area (Å²) in [7, 11) is 0. The van der Waals surface area contributed by atoms with Crippen LogP contribution in [-0.4, -0.2) is 27.3 Å². The predicted octanol–water partition coefficient (Wildman–Crippen LogP) is 4.97. The Kier molecular flexibility index (Phi) is 5.11. The molecule has 24 heavy (non-hydrogen) atoms. The second-order valence-electron chi connectivity index (χ2n) is 6.34. The van der Waals surface area contributed by atoms with Gasteiger partial charge in [-0.1, -0.05) is 64.1 Å². The number of halogens is 1. The molecule has 1 fully saturated rings. The topological polar surface area (TPSA) is 32.7 Å². The van der Waals surface area contributed by atoms with Crippen molar-refractivity contribution in [2.45, 2.75) is 25.9 Å². The first-order valence-electron chi connectivity index (χ1n) is 7.79. The van der Waals surface area contributed by atoms with Crippen LogP contribution in [0.5, 0.6) is 0 Å². The molecular formula is C19H19BrN2OS. The summed E-state index contributed by atoms with van der Waals surface area (Å²) in [5, 5.41) is 0.800. The first-order valence-corrected chi connectivity index (χ1v) is 9.56. The second-order valence-corrected chi connectivity index (χ2v) is 8.19. The number of aliphatic imine (C=N–C) groups is 1. The number of hydrogen-bond donors (Lipinski definition) is 0. The van der Waals surface area contributed by atoms with Crippen molar-refractivity contribution in [1.82, 2.24) is 4.90 Å². The molecule has 2 aromatic rings. The number of carbonyl (C=O) groups is 1. The molecule has 0 radical (unpaired) electrons. The molecule has 124 valence electrons. The van der Waals surface area contributed by atoms with Gasteiger partial charge in [0.25, 0.3) is 5.91 Å². The monoisotopic (exact) mass is 402 g/mol. The summed E-state index contributed by atoms with van der Waals surface area (Å²) >= 11 is 5.09. The average molecular weight is 403 g/mol. The molecule has 0 aromatic heterocycles. The molecule has 0 saturated carbocycles. The van der Waals surface area contributed by atoms with Crippen LogP contribution in [-0.2, 0) is 6.54 Å². The first kappa shape index (κ1) is 17.2. The Labute approximate surface area is 155 Å². The highest BCUT2D eigenvalue weighted by Gasteiger charge is 2.41. The largest absolute Gasteiger partial charge is 0.281 e. The van der Waals surface area contributed by atoms with Crippen molar-refractivity contribution in [3.8, 4) is 0 Å². The number of thioether (sulfide) groups is 1. The molecule has 5 heteroatoms. The number of benzene rings is 2. The summed E-state index contributed by atoms with van der Waals surface area (Å²) in [4.78, 5) is 19.6. The fourth-order valence-corrected chi connectivity index (χ4v) is 4.23. The van der Waals surface area contributed by atoms with Crippen molar-refractivity contribution in [1.29, 1.82) is 0 Å². The van der Waals surface area contributed by atoms with E-state index in [0.29, 0.717) is 12.1 Å². The van der Waals surface area contributed by atoms with Crippen molar-refractivity contribution in [2.75, 3.05) is 5.75 Å². The van der Waals surface area contributed by atoms with Gasteiger partial charge < -0.3 is 0 Å². The number of rotatable bonds is 3. The Bertz CT molecular complexity index is 774. The summed E-state index contributed by atoms with van der Waals surface area (Å²) in [5.74, 6) is 0.846. The number of nitrogens with zero attached hydrogens (tertiary/aromatic N) is 2. The van der Waals surface area contributed by atoms with Crippen molar-refractivity contribution < 1.29 is 4.79 Å². The Morgan fingerprint density at radius 1 is 1.21 bits per heavy atom. The molecule has 0 bridgehead atoms. The van der Waals surface area contributed by atoms with Gasteiger partial charge in [0.2, 0.25) is 0 Å². The average Bonchev–Trinajstić information content (AvgIpc) is 2.88. The number of amides is 1. The highest BCUT2D eigenvalue weighted by atomic mass is 79.9. The standard InChI is InChI=1S/C19H19BrN2OS/c1-19(2)13-24-18(21-12-14-7-4-3-5-8-14)22(19)17(23)15-9-6-10-16(20)11-15/h3-11H,12-13H2,1-2H3. The summed E-state index contributed by atoms with van der Waals surface area (Å²) in [6, 6.07) is 17.6. The number of amidine groups is 1. The second kappa shape index (κ2) is 7.11.